The molecule has 3 N–H and O–H groups in total. The van der Waals surface area contributed by atoms with E-state index in [-0.39, 0.29) is 6.04 Å². The number of nitrogens with one attached hydrogen (secondary N) is 2. The van der Waals surface area contributed by atoms with E-state index >= 15 is 0 Å². The van der Waals surface area contributed by atoms with Gasteiger partial charge >= 0.3 is 0 Å². The van der Waals surface area contributed by atoms with Crippen LogP contribution in [0.1, 0.15) is 29.5 Å². The molecule has 2 aromatic carbocycles. The number of hydrogen-bond donors (Lipinski definition) is 3. The fraction of sp³-hybridized carbons (Fsp3) is 0.222. The molecule has 4 nitrogen and oxygen atoms in total. The van der Waals surface area contributed by atoms with Gasteiger partial charge in [0.2, 0.25) is 0 Å². The van der Waals surface area contributed by atoms with E-state index in [1.54, 1.807) is 0 Å². The Morgan fingerprint density at radius 2 is 2.00 bits per heavy atom. The highest BCUT2D eigenvalue weighted by Gasteiger charge is 2.37. The molecule has 24 heavy (non-hydrogen) atoms. The Balaban J connectivity index is 1.73. The molecule has 0 saturated heterocycles. The number of rotatable bonds is 3. The van der Waals surface area contributed by atoms with Crippen molar-refractivity contribution in [2.75, 3.05) is 10.0 Å². The lowest BCUT2D eigenvalue weighted by Crippen LogP contribution is -2.29. The second kappa shape index (κ2) is 6.35. The van der Waals surface area contributed by atoms with E-state index in [4.69, 9.17) is 4.55 Å². The molecule has 6 heteroatoms. The third kappa shape index (κ3) is 2.90. The first-order valence-corrected chi connectivity index (χ1v) is 9.72. The number of hydrogen-bond acceptors (Lipinski definition) is 2. The fourth-order valence-electron chi connectivity index (χ4n) is 3.76. The second-order valence-electron chi connectivity index (χ2n) is 6.18. The van der Waals surface area contributed by atoms with Crippen LogP contribution in [0.2, 0.25) is 0 Å². The molecular weight excluding hydrogens is 388 g/mol. The summed E-state index contributed by atoms with van der Waals surface area (Å²) in [6, 6.07) is 14.5. The molecule has 0 saturated carbocycles. The SMILES string of the molecule is O=S(O)Nc1ccc2c(c1)N[C@H](c1ccc(Br)cc1)[C@@H]1CC=C[C@H]21. The Morgan fingerprint density at radius 3 is 2.75 bits per heavy atom. The molecule has 0 amide bonds. The smallest absolute Gasteiger partial charge is 0.259 e. The highest BCUT2D eigenvalue weighted by Crippen LogP contribution is 2.50. The lowest BCUT2D eigenvalue weighted by molar-refractivity contribution is 0.425. The van der Waals surface area contributed by atoms with Gasteiger partial charge in [-0.15, -0.1) is 0 Å². The molecule has 0 aromatic heterocycles. The van der Waals surface area contributed by atoms with Gasteiger partial charge in [-0.3, -0.25) is 9.27 Å². The van der Waals surface area contributed by atoms with Crippen molar-refractivity contribution in [3.63, 3.8) is 0 Å². The van der Waals surface area contributed by atoms with Crippen molar-refractivity contribution in [2.24, 2.45) is 5.92 Å². The Labute approximate surface area is 151 Å². The van der Waals surface area contributed by atoms with Gasteiger partial charge in [0, 0.05) is 16.1 Å². The van der Waals surface area contributed by atoms with Gasteiger partial charge in [-0.25, -0.2) is 4.21 Å². The molecule has 0 fully saturated rings. The molecule has 1 heterocycles. The van der Waals surface area contributed by atoms with Crippen LogP contribution in [0, 0.1) is 5.92 Å². The summed E-state index contributed by atoms with van der Waals surface area (Å²) in [5, 5.41) is 3.64. The van der Waals surface area contributed by atoms with Crippen LogP contribution in [0.15, 0.2) is 59.1 Å². The van der Waals surface area contributed by atoms with E-state index in [1.165, 1.54) is 11.1 Å². The quantitative estimate of drug-likeness (QED) is 0.507. The first kappa shape index (κ1) is 15.9. The van der Waals surface area contributed by atoms with Crippen molar-refractivity contribution < 1.29 is 8.76 Å². The topological polar surface area (TPSA) is 61.4 Å². The first-order chi connectivity index (χ1) is 11.6. The Kier molecular flexibility index (Phi) is 4.20. The van der Waals surface area contributed by atoms with Gasteiger partial charge in [-0.2, -0.15) is 0 Å². The van der Waals surface area contributed by atoms with Crippen molar-refractivity contribution in [2.45, 2.75) is 18.4 Å². The molecule has 1 unspecified atom stereocenters. The molecule has 0 bridgehead atoms. The zero-order valence-corrected chi connectivity index (χ0v) is 15.2. The van der Waals surface area contributed by atoms with E-state index < -0.39 is 11.3 Å². The highest BCUT2D eigenvalue weighted by atomic mass is 79.9. The average Bonchev–Trinajstić information content (AvgIpc) is 3.04. The third-order valence-corrected chi connectivity index (χ3v) is 5.74. The second-order valence-corrected chi connectivity index (χ2v) is 7.80. The minimum absolute atomic E-state index is 0.223. The molecular formula is C18H17BrN2O2S. The molecule has 4 atom stereocenters. The highest BCUT2D eigenvalue weighted by molar-refractivity contribution is 9.10. The molecule has 1 aliphatic heterocycles. The van der Waals surface area contributed by atoms with E-state index in [1.807, 2.05) is 18.2 Å². The van der Waals surface area contributed by atoms with Crippen molar-refractivity contribution in [3.05, 3.63) is 70.2 Å². The fourth-order valence-corrected chi connectivity index (χ4v) is 4.35. The average molecular weight is 405 g/mol. The Bertz CT molecular complexity index is 822. The largest absolute Gasteiger partial charge is 0.378 e. The normalized spacial score (nSPS) is 25.5. The van der Waals surface area contributed by atoms with Crippen LogP contribution in [0.4, 0.5) is 11.4 Å². The minimum Gasteiger partial charge on any atom is -0.378 e. The van der Waals surface area contributed by atoms with E-state index in [0.717, 1.165) is 16.6 Å². The zero-order chi connectivity index (χ0) is 16.7. The standard InChI is InChI=1S/C18H17BrN2O2S/c19-12-6-4-11(5-7-12)18-16-3-1-2-14(16)15-9-8-13(21-24(22)23)10-17(15)20-18/h1-2,4-10,14,16,18,20-21H,3H2,(H,22,23)/t14-,16-,18-/m1/s1. The predicted octanol–water partition coefficient (Wildman–Crippen LogP) is 4.82. The molecule has 0 radical (unpaired) electrons. The first-order valence-electron chi connectivity index (χ1n) is 7.82. The van der Waals surface area contributed by atoms with Crippen molar-refractivity contribution in [3.8, 4) is 0 Å². The van der Waals surface area contributed by atoms with Crippen molar-refractivity contribution in [1.82, 2.24) is 0 Å². The molecule has 2 aliphatic rings. The van der Waals surface area contributed by atoms with Crippen LogP contribution < -0.4 is 10.0 Å². The summed E-state index contributed by atoms with van der Waals surface area (Å²) in [6.45, 7) is 0. The minimum atomic E-state index is -2.07. The van der Waals surface area contributed by atoms with Gasteiger partial charge in [0.25, 0.3) is 11.3 Å². The van der Waals surface area contributed by atoms with Crippen molar-refractivity contribution >= 4 is 38.6 Å². The number of allylic oxidation sites excluding steroid dienone is 2. The Hall–Kier alpha value is -1.63. The number of halogens is 1. The lowest BCUT2D eigenvalue weighted by atomic mass is 9.77. The number of fused-ring (bicyclic) bond motifs is 3. The van der Waals surface area contributed by atoms with Crippen LogP contribution in [-0.4, -0.2) is 8.76 Å². The summed E-state index contributed by atoms with van der Waals surface area (Å²) in [5.41, 5.74) is 4.16. The van der Waals surface area contributed by atoms with Crippen LogP contribution in [-0.2, 0) is 11.3 Å². The summed E-state index contributed by atoms with van der Waals surface area (Å²) in [4.78, 5) is 0. The van der Waals surface area contributed by atoms with E-state index in [2.05, 4.69) is 62.4 Å². The maximum absolute atomic E-state index is 11.0. The van der Waals surface area contributed by atoms with E-state index in [0.29, 0.717) is 17.5 Å². The van der Waals surface area contributed by atoms with Gasteiger partial charge < -0.3 is 5.32 Å². The molecule has 1 aliphatic carbocycles. The lowest BCUT2D eigenvalue weighted by Gasteiger charge is -2.37. The molecule has 2 aromatic rings. The van der Waals surface area contributed by atoms with Gasteiger partial charge in [0.15, 0.2) is 0 Å². The number of anilines is 2. The van der Waals surface area contributed by atoms with Crippen LogP contribution in [0.25, 0.3) is 0 Å². The monoisotopic (exact) mass is 404 g/mol. The molecule has 0 spiro atoms. The summed E-state index contributed by atoms with van der Waals surface area (Å²) < 4.78 is 23.7. The maximum atomic E-state index is 11.0. The molecule has 4 rings (SSSR count). The zero-order valence-electron chi connectivity index (χ0n) is 12.8. The van der Waals surface area contributed by atoms with Gasteiger partial charge in [-0.05, 0) is 47.7 Å². The Morgan fingerprint density at radius 1 is 1.21 bits per heavy atom. The maximum Gasteiger partial charge on any atom is 0.259 e. The molecule has 124 valence electrons. The van der Waals surface area contributed by atoms with Crippen LogP contribution in [0.3, 0.4) is 0 Å². The predicted molar refractivity (Wildman–Crippen MR) is 101 cm³/mol. The summed E-state index contributed by atoms with van der Waals surface area (Å²) in [5.74, 6) is 0.869. The van der Waals surface area contributed by atoms with Gasteiger partial charge in [-0.1, -0.05) is 46.3 Å². The summed E-state index contributed by atoms with van der Waals surface area (Å²) in [7, 11) is 0. The van der Waals surface area contributed by atoms with E-state index in [9.17, 15) is 4.21 Å². The summed E-state index contributed by atoms with van der Waals surface area (Å²) in [6.07, 6.45) is 5.60. The van der Waals surface area contributed by atoms with Crippen molar-refractivity contribution in [1.29, 1.82) is 0 Å². The van der Waals surface area contributed by atoms with Gasteiger partial charge in [0.05, 0.1) is 11.7 Å². The van der Waals surface area contributed by atoms with Crippen LogP contribution >= 0.6 is 15.9 Å². The van der Waals surface area contributed by atoms with Crippen LogP contribution in [0.5, 0.6) is 0 Å². The third-order valence-electron chi connectivity index (χ3n) is 4.80. The van der Waals surface area contributed by atoms with Gasteiger partial charge in [0.1, 0.15) is 0 Å². The number of benzene rings is 2. The summed E-state index contributed by atoms with van der Waals surface area (Å²) >= 11 is 1.42.